The monoisotopic (exact) mass is 183 g/mol. The van der Waals surface area contributed by atoms with E-state index in [1.807, 2.05) is 0 Å². The molecule has 0 radical (unpaired) electrons. The van der Waals surface area contributed by atoms with E-state index >= 15 is 0 Å². The van der Waals surface area contributed by atoms with Gasteiger partial charge in [0.2, 0.25) is 0 Å². The Kier molecular flexibility index (Phi) is 1.67. The summed E-state index contributed by atoms with van der Waals surface area (Å²) in [6.07, 6.45) is 2.62. The van der Waals surface area contributed by atoms with Crippen LogP contribution < -0.4 is 11.1 Å². The average Bonchev–Trinajstić information content (AvgIpc) is 2.04. The summed E-state index contributed by atoms with van der Waals surface area (Å²) in [7, 11) is 0. The van der Waals surface area contributed by atoms with Crippen LogP contribution in [0.5, 0.6) is 0 Å². The Labute approximate surface area is 73.7 Å². The van der Waals surface area contributed by atoms with Crippen LogP contribution in [0.25, 0.3) is 0 Å². The Hall–Kier alpha value is -1.20. The number of anilines is 1. The van der Waals surface area contributed by atoms with Crippen molar-refractivity contribution in [2.45, 2.75) is 6.17 Å². The maximum Gasteiger partial charge on any atom is 0.198 e. The number of hydrogen-bond donors (Lipinski definition) is 2. The molecule has 0 spiro atoms. The molecule has 0 fully saturated rings. The second kappa shape index (κ2) is 2.69. The lowest BCUT2D eigenvalue weighted by Crippen LogP contribution is -2.22. The lowest BCUT2D eigenvalue weighted by atomic mass is 10.3. The van der Waals surface area contributed by atoms with Gasteiger partial charge in [-0.05, 0) is 11.6 Å². The van der Waals surface area contributed by atoms with Crippen molar-refractivity contribution in [2.24, 2.45) is 10.7 Å². The molecular formula is C6H6ClN5. The number of nitrogens with one attached hydrogen (secondary N) is 1. The summed E-state index contributed by atoms with van der Waals surface area (Å²) in [4.78, 5) is 11.9. The number of rotatable bonds is 0. The fourth-order valence-corrected chi connectivity index (χ4v) is 1.17. The highest BCUT2D eigenvalue weighted by Gasteiger charge is 2.18. The molecule has 1 unspecified atom stereocenters. The minimum Gasteiger partial charge on any atom is -0.314 e. The smallest absolute Gasteiger partial charge is 0.198 e. The highest BCUT2D eigenvalue weighted by Crippen LogP contribution is 2.21. The first-order valence-electron chi connectivity index (χ1n) is 3.34. The van der Waals surface area contributed by atoms with Crippen LogP contribution in [-0.2, 0) is 0 Å². The van der Waals surface area contributed by atoms with Gasteiger partial charge < -0.3 is 11.1 Å². The predicted octanol–water partition coefficient (Wildman–Crippen LogP) is 0.454. The molecule has 0 aromatic carbocycles. The van der Waals surface area contributed by atoms with Crippen molar-refractivity contribution in [3.63, 3.8) is 0 Å². The molecule has 3 N–H and O–H groups in total. The second-order valence-corrected chi connectivity index (χ2v) is 2.64. The molecule has 0 saturated heterocycles. The van der Waals surface area contributed by atoms with Crippen LogP contribution in [-0.4, -0.2) is 15.3 Å². The first-order chi connectivity index (χ1) is 5.77. The number of hydrogen-bond acceptors (Lipinski definition) is 5. The normalized spacial score (nSPS) is 20.8. The van der Waals surface area contributed by atoms with Gasteiger partial charge in [-0.25, -0.2) is 9.98 Å². The molecule has 62 valence electrons. The zero-order valence-corrected chi connectivity index (χ0v) is 6.78. The van der Waals surface area contributed by atoms with Crippen molar-refractivity contribution in [3.05, 3.63) is 18.1 Å². The van der Waals surface area contributed by atoms with E-state index in [-0.39, 0.29) is 5.29 Å². The van der Waals surface area contributed by atoms with Gasteiger partial charge in [0.1, 0.15) is 11.9 Å². The summed E-state index contributed by atoms with van der Waals surface area (Å²) >= 11 is 5.63. The molecule has 0 amide bonds. The molecule has 0 bridgehead atoms. The van der Waals surface area contributed by atoms with Crippen molar-refractivity contribution < 1.29 is 0 Å². The topological polar surface area (TPSA) is 76.2 Å². The highest BCUT2D eigenvalue weighted by molar-refractivity contribution is 6.67. The molecule has 0 saturated carbocycles. The van der Waals surface area contributed by atoms with E-state index in [2.05, 4.69) is 20.3 Å². The standard InChI is InChI=1S/C6H6ClN5/c7-6-11-4(8)3-5(12-6)10-2-1-9-3/h1-2,4H,8H2,(H,10,11,12). The third-order valence-corrected chi connectivity index (χ3v) is 1.67. The Morgan fingerprint density at radius 1 is 1.42 bits per heavy atom. The predicted molar refractivity (Wildman–Crippen MR) is 45.9 cm³/mol. The van der Waals surface area contributed by atoms with Gasteiger partial charge >= 0.3 is 0 Å². The Balaban J connectivity index is 2.48. The van der Waals surface area contributed by atoms with Gasteiger partial charge in [0.25, 0.3) is 0 Å². The fraction of sp³-hybridized carbons (Fsp3) is 0.167. The zero-order valence-electron chi connectivity index (χ0n) is 6.03. The maximum absolute atomic E-state index is 5.63. The quantitative estimate of drug-likeness (QED) is 0.573. The third-order valence-electron chi connectivity index (χ3n) is 1.48. The second-order valence-electron chi connectivity index (χ2n) is 2.28. The lowest BCUT2D eigenvalue weighted by molar-refractivity contribution is 0.734. The first kappa shape index (κ1) is 7.45. The molecule has 0 aliphatic carbocycles. The number of amidine groups is 1. The lowest BCUT2D eigenvalue weighted by Gasteiger charge is -2.16. The van der Waals surface area contributed by atoms with Gasteiger partial charge in [0.15, 0.2) is 11.1 Å². The Bertz CT molecular complexity index is 336. The van der Waals surface area contributed by atoms with Crippen molar-refractivity contribution >= 4 is 22.7 Å². The molecule has 2 rings (SSSR count). The van der Waals surface area contributed by atoms with Crippen LogP contribution in [0.3, 0.4) is 0 Å². The van der Waals surface area contributed by atoms with Gasteiger partial charge in [-0.15, -0.1) is 0 Å². The van der Waals surface area contributed by atoms with Crippen molar-refractivity contribution in [1.29, 1.82) is 0 Å². The van der Waals surface area contributed by atoms with Gasteiger partial charge in [-0.1, -0.05) is 0 Å². The highest BCUT2D eigenvalue weighted by atomic mass is 35.5. The van der Waals surface area contributed by atoms with Crippen LogP contribution in [0.2, 0.25) is 0 Å². The van der Waals surface area contributed by atoms with Crippen molar-refractivity contribution in [2.75, 3.05) is 5.32 Å². The van der Waals surface area contributed by atoms with Crippen LogP contribution in [0.1, 0.15) is 11.9 Å². The van der Waals surface area contributed by atoms with E-state index in [1.54, 1.807) is 12.4 Å². The van der Waals surface area contributed by atoms with Gasteiger partial charge in [-0.3, -0.25) is 4.98 Å². The first-order valence-corrected chi connectivity index (χ1v) is 3.72. The van der Waals surface area contributed by atoms with E-state index in [9.17, 15) is 0 Å². The molecule has 1 aromatic heterocycles. The fourth-order valence-electron chi connectivity index (χ4n) is 0.975. The summed E-state index contributed by atoms with van der Waals surface area (Å²) in [5.74, 6) is 0.574. The van der Waals surface area contributed by atoms with E-state index in [0.717, 1.165) is 0 Å². The molecule has 2 heterocycles. The molecule has 6 heteroatoms. The molecule has 1 atom stereocenters. The van der Waals surface area contributed by atoms with E-state index in [0.29, 0.717) is 11.5 Å². The molecule has 1 aliphatic heterocycles. The third kappa shape index (κ3) is 1.13. The largest absolute Gasteiger partial charge is 0.314 e. The minimum atomic E-state index is -0.512. The number of aliphatic imine (C=N–C) groups is 1. The van der Waals surface area contributed by atoms with Crippen LogP contribution in [0, 0.1) is 0 Å². The van der Waals surface area contributed by atoms with E-state index < -0.39 is 6.17 Å². The molecule has 1 aromatic rings. The number of halogens is 1. The van der Waals surface area contributed by atoms with Crippen LogP contribution in [0.4, 0.5) is 5.82 Å². The molecule has 12 heavy (non-hydrogen) atoms. The van der Waals surface area contributed by atoms with Crippen LogP contribution >= 0.6 is 11.6 Å². The summed E-state index contributed by atoms with van der Waals surface area (Å²) in [5, 5.41) is 3.00. The Morgan fingerprint density at radius 2 is 2.17 bits per heavy atom. The van der Waals surface area contributed by atoms with Crippen molar-refractivity contribution in [1.82, 2.24) is 9.97 Å². The van der Waals surface area contributed by atoms with E-state index in [1.165, 1.54) is 0 Å². The number of fused-ring (bicyclic) bond motifs is 1. The SMILES string of the molecule is NC1N=C(Cl)Nc2nccnc21. The Morgan fingerprint density at radius 3 is 3.00 bits per heavy atom. The average molecular weight is 184 g/mol. The van der Waals surface area contributed by atoms with Gasteiger partial charge in [0, 0.05) is 12.4 Å². The number of nitrogens with zero attached hydrogens (tertiary/aromatic N) is 3. The zero-order chi connectivity index (χ0) is 8.55. The maximum atomic E-state index is 5.63. The summed E-state index contributed by atoms with van der Waals surface area (Å²) in [6.45, 7) is 0. The molecule has 1 aliphatic rings. The minimum absolute atomic E-state index is 0.246. The number of nitrogens with two attached hydrogens (primary N) is 1. The van der Waals surface area contributed by atoms with Gasteiger partial charge in [0.05, 0.1) is 0 Å². The van der Waals surface area contributed by atoms with Gasteiger partial charge in [-0.2, -0.15) is 0 Å². The molecular weight excluding hydrogens is 178 g/mol. The van der Waals surface area contributed by atoms with Crippen LogP contribution in [0.15, 0.2) is 17.4 Å². The summed E-state index contributed by atoms with van der Waals surface area (Å²) in [6, 6.07) is 0. The van der Waals surface area contributed by atoms with Crippen molar-refractivity contribution in [3.8, 4) is 0 Å². The summed E-state index contributed by atoms with van der Waals surface area (Å²) in [5.41, 5.74) is 6.24. The van der Waals surface area contributed by atoms with E-state index in [4.69, 9.17) is 17.3 Å². The number of aromatic nitrogens is 2. The molecule has 5 nitrogen and oxygen atoms in total. The summed E-state index contributed by atoms with van der Waals surface area (Å²) < 4.78 is 0.